The first-order valence-electron chi connectivity index (χ1n) is 13.9. The lowest BCUT2D eigenvalue weighted by molar-refractivity contribution is 0.0526. The second-order valence-electron chi connectivity index (χ2n) is 10.2. The predicted molar refractivity (Wildman–Crippen MR) is 155 cm³/mol. The maximum atomic E-state index is 13.1. The number of nitrogens with zero attached hydrogens (tertiary/aromatic N) is 3. The van der Waals surface area contributed by atoms with Crippen LogP contribution in [0.1, 0.15) is 51.4 Å². The molecule has 214 valence electrons. The molecule has 1 heterocycles. The summed E-state index contributed by atoms with van der Waals surface area (Å²) >= 11 is 0. The summed E-state index contributed by atoms with van der Waals surface area (Å²) in [6.45, 7) is 14.9. The Kier molecular flexibility index (Phi) is 11.3. The van der Waals surface area contributed by atoms with Crippen molar-refractivity contribution in [2.45, 2.75) is 53.1 Å². The van der Waals surface area contributed by atoms with Gasteiger partial charge in [0.15, 0.2) is 0 Å². The van der Waals surface area contributed by atoms with Crippen LogP contribution >= 0.6 is 0 Å². The van der Waals surface area contributed by atoms with Crippen LogP contribution in [0.15, 0.2) is 42.5 Å². The van der Waals surface area contributed by atoms with Gasteiger partial charge in [0.25, 0.3) is 0 Å². The fraction of sp³-hybridized carbons (Fsp3) is 0.533. The highest BCUT2D eigenvalue weighted by Crippen LogP contribution is 2.30. The molecule has 2 aromatic rings. The first kappa shape index (κ1) is 30.1. The average molecular weight is 541 g/mol. The predicted octanol–water partition coefficient (Wildman–Crippen LogP) is 5.11. The van der Waals surface area contributed by atoms with E-state index in [1.165, 1.54) is 0 Å². The standard InChI is InChI=1S/C30H44N4O5/c1-7-38-29(35)24-10-8-11-25(20-24)32-15-17-33(18-16-32)30(36)31-27-13-12-26(37-6)21-28(27)39-19-9-14-34(22(2)3)23(4)5/h8,10-13,20-23H,7,9,14-19H2,1-6H3,(H,31,36). The van der Waals surface area contributed by atoms with E-state index in [0.717, 1.165) is 18.7 Å². The van der Waals surface area contributed by atoms with Crippen molar-refractivity contribution >= 4 is 23.4 Å². The minimum absolute atomic E-state index is 0.171. The molecule has 2 amide bonds. The maximum absolute atomic E-state index is 13.1. The Hall–Kier alpha value is -3.46. The number of methoxy groups -OCH3 is 1. The van der Waals surface area contributed by atoms with Crippen LogP contribution in [0.5, 0.6) is 11.5 Å². The maximum Gasteiger partial charge on any atom is 0.338 e. The van der Waals surface area contributed by atoms with E-state index in [1.54, 1.807) is 25.0 Å². The Morgan fingerprint density at radius 3 is 2.36 bits per heavy atom. The zero-order valence-corrected chi connectivity index (χ0v) is 24.2. The Morgan fingerprint density at radius 2 is 1.72 bits per heavy atom. The molecule has 1 N–H and O–H groups in total. The molecule has 0 radical (unpaired) electrons. The van der Waals surface area contributed by atoms with Crippen LogP contribution in [0.4, 0.5) is 16.2 Å². The summed E-state index contributed by atoms with van der Waals surface area (Å²) in [6.07, 6.45) is 0.875. The van der Waals surface area contributed by atoms with Crippen LogP contribution in [0.2, 0.25) is 0 Å². The third kappa shape index (κ3) is 8.51. The number of carbonyl (C=O) groups is 2. The van der Waals surface area contributed by atoms with E-state index in [-0.39, 0.29) is 12.0 Å². The fourth-order valence-corrected chi connectivity index (χ4v) is 4.80. The summed E-state index contributed by atoms with van der Waals surface area (Å²) < 4.78 is 16.6. The monoisotopic (exact) mass is 540 g/mol. The average Bonchev–Trinajstić information content (AvgIpc) is 2.93. The fourth-order valence-electron chi connectivity index (χ4n) is 4.80. The Labute approximate surface area is 233 Å². The SMILES string of the molecule is CCOC(=O)c1cccc(N2CCN(C(=O)Nc3ccc(OC)cc3OCCCN(C(C)C)C(C)C)CC2)c1. The normalized spacial score (nSPS) is 13.7. The molecule has 0 saturated carbocycles. The van der Waals surface area contributed by atoms with Gasteiger partial charge in [0.1, 0.15) is 11.5 Å². The Bertz CT molecular complexity index is 1070. The van der Waals surface area contributed by atoms with Crippen LogP contribution in [-0.2, 0) is 4.74 Å². The van der Waals surface area contributed by atoms with E-state index in [0.29, 0.717) is 74.2 Å². The summed E-state index contributed by atoms with van der Waals surface area (Å²) in [6, 6.07) is 13.6. The van der Waals surface area contributed by atoms with Crippen molar-refractivity contribution < 1.29 is 23.8 Å². The van der Waals surface area contributed by atoms with Gasteiger partial charge in [-0.05, 0) is 71.4 Å². The number of esters is 1. The van der Waals surface area contributed by atoms with Gasteiger partial charge in [0, 0.05) is 56.6 Å². The molecular weight excluding hydrogens is 496 g/mol. The first-order valence-corrected chi connectivity index (χ1v) is 13.9. The van der Waals surface area contributed by atoms with Crippen LogP contribution in [0.25, 0.3) is 0 Å². The van der Waals surface area contributed by atoms with Crippen LogP contribution in [0, 0.1) is 0 Å². The van der Waals surface area contributed by atoms with Gasteiger partial charge in [-0.15, -0.1) is 0 Å². The number of rotatable bonds is 12. The van der Waals surface area contributed by atoms with Crippen LogP contribution in [0.3, 0.4) is 0 Å². The Morgan fingerprint density at radius 1 is 1.00 bits per heavy atom. The third-order valence-electron chi connectivity index (χ3n) is 6.86. The number of hydrogen-bond acceptors (Lipinski definition) is 7. The van der Waals surface area contributed by atoms with Gasteiger partial charge in [0.2, 0.25) is 0 Å². The zero-order chi connectivity index (χ0) is 28.4. The number of benzene rings is 2. The lowest BCUT2D eigenvalue weighted by Gasteiger charge is -2.36. The summed E-state index contributed by atoms with van der Waals surface area (Å²) in [4.78, 5) is 31.7. The second kappa shape index (κ2) is 14.6. The smallest absolute Gasteiger partial charge is 0.338 e. The lowest BCUT2D eigenvalue weighted by Crippen LogP contribution is -2.50. The van der Waals surface area contributed by atoms with E-state index in [1.807, 2.05) is 36.4 Å². The number of anilines is 2. The van der Waals surface area contributed by atoms with Crippen molar-refractivity contribution in [2.75, 3.05) is 63.3 Å². The van der Waals surface area contributed by atoms with Crippen molar-refractivity contribution in [3.05, 3.63) is 48.0 Å². The number of piperazine rings is 1. The molecule has 1 aliphatic rings. The van der Waals surface area contributed by atoms with Crippen LogP contribution in [-0.4, -0.2) is 86.9 Å². The summed E-state index contributed by atoms with van der Waals surface area (Å²) in [5, 5.41) is 3.03. The topological polar surface area (TPSA) is 83.6 Å². The quantitative estimate of drug-likeness (QED) is 0.296. The first-order chi connectivity index (χ1) is 18.7. The van der Waals surface area contributed by atoms with Gasteiger partial charge in [-0.3, -0.25) is 4.90 Å². The molecule has 1 aliphatic heterocycles. The van der Waals surface area contributed by atoms with Crippen molar-refractivity contribution in [3.8, 4) is 11.5 Å². The van der Waals surface area contributed by atoms with Gasteiger partial charge in [-0.25, -0.2) is 9.59 Å². The number of hydrogen-bond donors (Lipinski definition) is 1. The molecule has 0 unspecified atom stereocenters. The highest BCUT2D eigenvalue weighted by Gasteiger charge is 2.23. The van der Waals surface area contributed by atoms with E-state index in [9.17, 15) is 9.59 Å². The number of ether oxygens (including phenoxy) is 3. The molecule has 0 spiro atoms. The van der Waals surface area contributed by atoms with E-state index >= 15 is 0 Å². The molecule has 9 heteroatoms. The summed E-state index contributed by atoms with van der Waals surface area (Å²) in [5.74, 6) is 0.942. The molecular formula is C30H44N4O5. The van der Waals surface area contributed by atoms with Crippen molar-refractivity contribution in [1.82, 2.24) is 9.80 Å². The zero-order valence-electron chi connectivity index (χ0n) is 24.2. The van der Waals surface area contributed by atoms with Gasteiger partial charge < -0.3 is 29.3 Å². The molecule has 9 nitrogen and oxygen atoms in total. The lowest BCUT2D eigenvalue weighted by atomic mass is 10.1. The minimum atomic E-state index is -0.327. The number of carbonyl (C=O) groups excluding carboxylic acids is 2. The van der Waals surface area contributed by atoms with Crippen molar-refractivity contribution in [3.63, 3.8) is 0 Å². The highest BCUT2D eigenvalue weighted by atomic mass is 16.5. The van der Waals surface area contributed by atoms with Crippen molar-refractivity contribution in [1.29, 1.82) is 0 Å². The van der Waals surface area contributed by atoms with E-state index < -0.39 is 0 Å². The molecule has 1 fully saturated rings. The van der Waals surface area contributed by atoms with Crippen LogP contribution < -0.4 is 19.7 Å². The van der Waals surface area contributed by atoms with Gasteiger partial charge >= 0.3 is 12.0 Å². The van der Waals surface area contributed by atoms with Crippen molar-refractivity contribution in [2.24, 2.45) is 0 Å². The summed E-state index contributed by atoms with van der Waals surface area (Å²) in [5.41, 5.74) is 2.09. The highest BCUT2D eigenvalue weighted by molar-refractivity contribution is 5.92. The molecule has 0 bridgehead atoms. The van der Waals surface area contributed by atoms with Gasteiger partial charge in [-0.2, -0.15) is 0 Å². The molecule has 3 rings (SSSR count). The van der Waals surface area contributed by atoms with Gasteiger partial charge in [-0.1, -0.05) is 6.07 Å². The molecule has 1 saturated heterocycles. The largest absolute Gasteiger partial charge is 0.497 e. The molecule has 0 atom stereocenters. The number of nitrogens with one attached hydrogen (secondary N) is 1. The summed E-state index contributed by atoms with van der Waals surface area (Å²) in [7, 11) is 1.61. The minimum Gasteiger partial charge on any atom is -0.497 e. The van der Waals surface area contributed by atoms with E-state index in [2.05, 4.69) is 42.8 Å². The number of amides is 2. The van der Waals surface area contributed by atoms with E-state index in [4.69, 9.17) is 14.2 Å². The molecule has 2 aromatic carbocycles. The van der Waals surface area contributed by atoms with Gasteiger partial charge in [0.05, 0.1) is 31.6 Å². The molecule has 0 aromatic heterocycles. The second-order valence-corrected chi connectivity index (χ2v) is 10.2. The Balaban J connectivity index is 1.57. The molecule has 39 heavy (non-hydrogen) atoms. The number of urea groups is 1. The third-order valence-corrected chi connectivity index (χ3v) is 6.86. The molecule has 0 aliphatic carbocycles.